The molecule has 0 radical (unpaired) electrons. The number of phenols is 1. The third-order valence-electron chi connectivity index (χ3n) is 5.54. The molecule has 1 aromatic heterocycles. The van der Waals surface area contributed by atoms with E-state index in [1.165, 1.54) is 6.07 Å². The van der Waals surface area contributed by atoms with Crippen LogP contribution in [-0.2, 0) is 11.2 Å². The van der Waals surface area contributed by atoms with E-state index < -0.39 is 0 Å². The summed E-state index contributed by atoms with van der Waals surface area (Å²) in [4.78, 5) is 19.4. The SMILES string of the molecule is O=C(Nc1cc(Cl)ccc1O)C1CCN(CCCc2nc(-c3ccccc3)no2)CC1. The number of nitrogens with one attached hydrogen (secondary N) is 1. The molecule has 4 rings (SSSR count). The quantitative estimate of drug-likeness (QED) is 0.530. The lowest BCUT2D eigenvalue weighted by Gasteiger charge is -2.31. The Balaban J connectivity index is 1.20. The number of aromatic nitrogens is 2. The summed E-state index contributed by atoms with van der Waals surface area (Å²) in [5, 5.41) is 17.2. The fraction of sp³-hybridized carbons (Fsp3) is 0.348. The Hall–Kier alpha value is -2.90. The Morgan fingerprint density at radius 1 is 1.19 bits per heavy atom. The lowest BCUT2D eigenvalue weighted by Crippen LogP contribution is -2.38. The standard InChI is InChI=1S/C23H25ClN4O3/c24-18-8-9-20(29)19(15-18)25-23(30)17-10-13-28(14-11-17)12-4-7-21-26-22(27-31-21)16-5-2-1-3-6-16/h1-3,5-6,8-9,15,17,29H,4,7,10-14H2,(H,25,30). The number of aryl methyl sites for hydroxylation is 1. The first-order chi connectivity index (χ1) is 15.1. The van der Waals surface area contributed by atoms with Crippen LogP contribution < -0.4 is 5.32 Å². The summed E-state index contributed by atoms with van der Waals surface area (Å²) < 4.78 is 5.37. The molecule has 0 atom stereocenters. The number of likely N-dealkylation sites (tertiary alicyclic amines) is 1. The summed E-state index contributed by atoms with van der Waals surface area (Å²) in [5.41, 5.74) is 1.30. The Kier molecular flexibility index (Phi) is 6.84. The van der Waals surface area contributed by atoms with Crippen LogP contribution in [0, 0.1) is 5.92 Å². The topological polar surface area (TPSA) is 91.5 Å². The number of amides is 1. The van der Waals surface area contributed by atoms with E-state index in [-0.39, 0.29) is 17.6 Å². The van der Waals surface area contributed by atoms with Crippen LogP contribution in [0.2, 0.25) is 5.02 Å². The van der Waals surface area contributed by atoms with Crippen LogP contribution in [0.3, 0.4) is 0 Å². The van der Waals surface area contributed by atoms with E-state index in [2.05, 4.69) is 20.4 Å². The van der Waals surface area contributed by atoms with Gasteiger partial charge >= 0.3 is 0 Å². The van der Waals surface area contributed by atoms with Gasteiger partial charge in [-0.2, -0.15) is 4.98 Å². The van der Waals surface area contributed by atoms with Gasteiger partial charge in [0.1, 0.15) is 5.75 Å². The molecule has 3 aromatic rings. The van der Waals surface area contributed by atoms with Crippen molar-refractivity contribution in [3.63, 3.8) is 0 Å². The van der Waals surface area contributed by atoms with Gasteiger partial charge in [-0.1, -0.05) is 47.1 Å². The van der Waals surface area contributed by atoms with Gasteiger partial charge in [0.2, 0.25) is 17.6 Å². The predicted octanol–water partition coefficient (Wildman–Crippen LogP) is 4.38. The predicted molar refractivity (Wildman–Crippen MR) is 119 cm³/mol. The van der Waals surface area contributed by atoms with Crippen LogP contribution in [0.15, 0.2) is 53.1 Å². The van der Waals surface area contributed by atoms with E-state index in [1.807, 2.05) is 30.3 Å². The largest absolute Gasteiger partial charge is 0.506 e. The molecule has 0 unspecified atom stereocenters. The number of carbonyl (C=O) groups excluding carboxylic acids is 1. The molecule has 2 heterocycles. The number of aromatic hydroxyl groups is 1. The van der Waals surface area contributed by atoms with Gasteiger partial charge in [-0.05, 0) is 57.1 Å². The molecule has 1 fully saturated rings. The number of piperidine rings is 1. The van der Waals surface area contributed by atoms with Crippen molar-refractivity contribution in [1.82, 2.24) is 15.0 Å². The highest BCUT2D eigenvalue weighted by Crippen LogP contribution is 2.28. The number of rotatable bonds is 7. The zero-order valence-corrected chi connectivity index (χ0v) is 17.9. The molecule has 7 nitrogen and oxygen atoms in total. The highest BCUT2D eigenvalue weighted by molar-refractivity contribution is 6.31. The average Bonchev–Trinajstić information content (AvgIpc) is 3.26. The molecule has 0 saturated carbocycles. The van der Waals surface area contributed by atoms with E-state index in [1.54, 1.807) is 12.1 Å². The average molecular weight is 441 g/mol. The number of nitrogens with zero attached hydrogens (tertiary/aromatic N) is 3. The van der Waals surface area contributed by atoms with Crippen LogP contribution >= 0.6 is 11.6 Å². The number of phenolic OH excluding ortho intramolecular Hbond substituents is 1. The Morgan fingerprint density at radius 2 is 1.97 bits per heavy atom. The van der Waals surface area contributed by atoms with Crippen LogP contribution in [0.1, 0.15) is 25.2 Å². The molecule has 0 bridgehead atoms. The molecule has 162 valence electrons. The van der Waals surface area contributed by atoms with E-state index in [4.69, 9.17) is 16.1 Å². The van der Waals surface area contributed by atoms with Crippen LogP contribution in [0.5, 0.6) is 5.75 Å². The molecule has 1 aliphatic heterocycles. The lowest BCUT2D eigenvalue weighted by molar-refractivity contribution is -0.121. The summed E-state index contributed by atoms with van der Waals surface area (Å²) in [5.74, 6) is 1.14. The van der Waals surface area contributed by atoms with E-state index in [0.29, 0.717) is 22.4 Å². The number of hydrogen-bond donors (Lipinski definition) is 2. The molecular formula is C23H25ClN4O3. The normalized spacial score (nSPS) is 15.1. The number of anilines is 1. The van der Waals surface area contributed by atoms with Crippen molar-refractivity contribution in [3.8, 4) is 17.1 Å². The Bertz CT molecular complexity index is 1020. The molecule has 8 heteroatoms. The summed E-state index contributed by atoms with van der Waals surface area (Å²) in [6, 6.07) is 14.4. The van der Waals surface area contributed by atoms with Gasteiger partial charge in [0, 0.05) is 22.9 Å². The fourth-order valence-corrected chi connectivity index (χ4v) is 3.95. The van der Waals surface area contributed by atoms with Gasteiger partial charge in [-0.25, -0.2) is 0 Å². The van der Waals surface area contributed by atoms with Gasteiger partial charge in [-0.15, -0.1) is 0 Å². The van der Waals surface area contributed by atoms with Gasteiger partial charge in [0.05, 0.1) is 5.69 Å². The van der Waals surface area contributed by atoms with Crippen LogP contribution in [0.4, 0.5) is 5.69 Å². The number of hydrogen-bond acceptors (Lipinski definition) is 6. The third kappa shape index (κ3) is 5.62. The Labute approximate surface area is 186 Å². The number of carbonyl (C=O) groups is 1. The van der Waals surface area contributed by atoms with Crippen molar-refractivity contribution < 1.29 is 14.4 Å². The van der Waals surface area contributed by atoms with Crippen molar-refractivity contribution in [2.75, 3.05) is 25.0 Å². The minimum absolute atomic E-state index is 0.0200. The minimum atomic E-state index is -0.0727. The number of benzene rings is 2. The molecule has 0 spiro atoms. The van der Waals surface area contributed by atoms with Gasteiger partial charge < -0.3 is 19.8 Å². The van der Waals surface area contributed by atoms with Crippen LogP contribution in [-0.4, -0.2) is 45.7 Å². The van der Waals surface area contributed by atoms with E-state index in [9.17, 15) is 9.90 Å². The van der Waals surface area contributed by atoms with E-state index in [0.717, 1.165) is 50.9 Å². The molecular weight excluding hydrogens is 416 g/mol. The first-order valence-electron chi connectivity index (χ1n) is 10.5. The molecule has 1 aliphatic rings. The summed E-state index contributed by atoms with van der Waals surface area (Å²) >= 11 is 5.95. The fourth-order valence-electron chi connectivity index (χ4n) is 3.78. The van der Waals surface area contributed by atoms with Crippen LogP contribution in [0.25, 0.3) is 11.4 Å². The van der Waals surface area contributed by atoms with Crippen molar-refractivity contribution in [2.24, 2.45) is 5.92 Å². The van der Waals surface area contributed by atoms with Crippen molar-refractivity contribution in [3.05, 3.63) is 59.4 Å². The zero-order valence-electron chi connectivity index (χ0n) is 17.1. The first-order valence-corrected chi connectivity index (χ1v) is 10.9. The summed E-state index contributed by atoms with van der Waals surface area (Å²) in [6.07, 6.45) is 3.22. The second-order valence-electron chi connectivity index (χ2n) is 7.75. The smallest absolute Gasteiger partial charge is 0.227 e. The maximum absolute atomic E-state index is 12.5. The monoisotopic (exact) mass is 440 g/mol. The second-order valence-corrected chi connectivity index (χ2v) is 8.18. The Morgan fingerprint density at radius 3 is 2.74 bits per heavy atom. The van der Waals surface area contributed by atoms with E-state index >= 15 is 0 Å². The van der Waals surface area contributed by atoms with Gasteiger partial charge in [-0.3, -0.25) is 4.79 Å². The maximum Gasteiger partial charge on any atom is 0.227 e. The molecule has 2 N–H and O–H groups in total. The molecule has 31 heavy (non-hydrogen) atoms. The van der Waals surface area contributed by atoms with Gasteiger partial charge in [0.15, 0.2) is 0 Å². The first kappa shape index (κ1) is 21.3. The molecule has 0 aliphatic carbocycles. The summed E-state index contributed by atoms with van der Waals surface area (Å²) in [6.45, 7) is 2.64. The highest BCUT2D eigenvalue weighted by Gasteiger charge is 2.25. The maximum atomic E-state index is 12.5. The third-order valence-corrected chi connectivity index (χ3v) is 5.77. The van der Waals surface area contributed by atoms with Gasteiger partial charge in [0.25, 0.3) is 0 Å². The van der Waals surface area contributed by atoms with Crippen molar-refractivity contribution >= 4 is 23.2 Å². The number of halogens is 1. The second kappa shape index (κ2) is 9.94. The van der Waals surface area contributed by atoms with Crippen molar-refractivity contribution in [2.45, 2.75) is 25.7 Å². The lowest BCUT2D eigenvalue weighted by atomic mass is 9.95. The summed E-state index contributed by atoms with van der Waals surface area (Å²) in [7, 11) is 0. The zero-order chi connectivity index (χ0) is 21.6. The molecule has 1 amide bonds. The van der Waals surface area contributed by atoms with Crippen molar-refractivity contribution in [1.29, 1.82) is 0 Å². The molecule has 2 aromatic carbocycles. The highest BCUT2D eigenvalue weighted by atomic mass is 35.5. The minimum Gasteiger partial charge on any atom is -0.506 e. The molecule has 1 saturated heterocycles.